The van der Waals surface area contributed by atoms with E-state index in [9.17, 15) is 0 Å². The second-order valence-electron chi connectivity index (χ2n) is 10.1. The van der Waals surface area contributed by atoms with Crippen molar-refractivity contribution in [3.8, 4) is 28.1 Å². The highest BCUT2D eigenvalue weighted by molar-refractivity contribution is 6.36. The lowest BCUT2D eigenvalue weighted by Gasteiger charge is -2.28. The zero-order valence-electron chi connectivity index (χ0n) is 23.0. The van der Waals surface area contributed by atoms with E-state index >= 15 is 0 Å². The van der Waals surface area contributed by atoms with Crippen LogP contribution in [0, 0.1) is 0 Å². The predicted molar refractivity (Wildman–Crippen MR) is 171 cm³/mol. The molecule has 1 aliphatic heterocycles. The third kappa shape index (κ3) is 6.28. The Balaban J connectivity index is 1.27. The van der Waals surface area contributed by atoms with E-state index in [1.54, 1.807) is 6.07 Å². The monoisotopic (exact) mass is 582 g/mol. The van der Waals surface area contributed by atoms with Gasteiger partial charge in [0.1, 0.15) is 5.82 Å². The van der Waals surface area contributed by atoms with Crippen molar-refractivity contribution in [1.29, 1.82) is 0 Å². The molecule has 1 saturated heterocycles. The van der Waals surface area contributed by atoms with E-state index in [4.69, 9.17) is 32.9 Å². The molecule has 1 aromatic heterocycles. The number of imidazole rings is 1. The smallest absolute Gasteiger partial charge is 0.118 e. The van der Waals surface area contributed by atoms with Crippen LogP contribution in [0.5, 0.6) is 0 Å². The summed E-state index contributed by atoms with van der Waals surface area (Å²) in [4.78, 5) is 7.42. The van der Waals surface area contributed by atoms with Crippen molar-refractivity contribution in [1.82, 2.24) is 9.55 Å². The Morgan fingerprint density at radius 3 is 2.12 bits per heavy atom. The first kappa shape index (κ1) is 27.4. The fourth-order valence-electron chi connectivity index (χ4n) is 5.22. The van der Waals surface area contributed by atoms with Crippen LogP contribution < -0.4 is 10.2 Å². The Morgan fingerprint density at radius 2 is 1.46 bits per heavy atom. The van der Waals surface area contributed by atoms with Crippen LogP contribution in [0.2, 0.25) is 10.0 Å². The third-order valence-electron chi connectivity index (χ3n) is 7.41. The van der Waals surface area contributed by atoms with Gasteiger partial charge >= 0.3 is 0 Å². The molecule has 0 unspecified atom stereocenters. The molecule has 0 spiro atoms. The van der Waals surface area contributed by atoms with Crippen LogP contribution in [0.15, 0.2) is 97.2 Å². The van der Waals surface area contributed by atoms with Gasteiger partial charge < -0.3 is 19.5 Å². The van der Waals surface area contributed by atoms with Crippen LogP contribution in [0.1, 0.15) is 18.3 Å². The van der Waals surface area contributed by atoms with Crippen molar-refractivity contribution in [3.05, 3.63) is 119 Å². The van der Waals surface area contributed by atoms with Gasteiger partial charge in [0.2, 0.25) is 0 Å². The van der Waals surface area contributed by atoms with Crippen molar-refractivity contribution in [2.45, 2.75) is 13.3 Å². The van der Waals surface area contributed by atoms with Gasteiger partial charge in [-0.3, -0.25) is 0 Å². The quantitative estimate of drug-likeness (QED) is 0.199. The van der Waals surface area contributed by atoms with Gasteiger partial charge in [0, 0.05) is 59.9 Å². The molecule has 6 rings (SSSR count). The maximum atomic E-state index is 6.57. The van der Waals surface area contributed by atoms with Gasteiger partial charge in [-0.15, -0.1) is 0 Å². The first-order chi connectivity index (χ1) is 20.1. The summed E-state index contributed by atoms with van der Waals surface area (Å²) >= 11 is 12.7. The maximum absolute atomic E-state index is 6.57. The fourth-order valence-corrected chi connectivity index (χ4v) is 5.73. The number of rotatable bonds is 8. The molecule has 0 aliphatic carbocycles. The van der Waals surface area contributed by atoms with Gasteiger partial charge in [0.25, 0.3) is 0 Å². The average Bonchev–Trinajstić information content (AvgIpc) is 3.42. The van der Waals surface area contributed by atoms with E-state index in [1.807, 2.05) is 12.1 Å². The molecule has 0 atom stereocenters. The van der Waals surface area contributed by atoms with Gasteiger partial charge in [0.05, 0.1) is 23.9 Å². The first-order valence-corrected chi connectivity index (χ1v) is 14.7. The topological polar surface area (TPSA) is 42.3 Å². The summed E-state index contributed by atoms with van der Waals surface area (Å²) in [6.45, 7) is 6.43. The van der Waals surface area contributed by atoms with Crippen molar-refractivity contribution < 1.29 is 4.74 Å². The number of ether oxygens (including phenoxy) is 1. The first-order valence-electron chi connectivity index (χ1n) is 14.0. The molecule has 7 heteroatoms. The number of anilines is 2. The molecule has 5 aromatic rings. The fraction of sp³-hybridized carbons (Fsp3) is 0.206. The Kier molecular flexibility index (Phi) is 8.28. The average molecular weight is 584 g/mol. The summed E-state index contributed by atoms with van der Waals surface area (Å²) < 4.78 is 7.63. The second-order valence-corrected chi connectivity index (χ2v) is 11.0. The largest absolute Gasteiger partial charge is 0.385 e. The van der Waals surface area contributed by atoms with Crippen LogP contribution in [0.25, 0.3) is 28.1 Å². The zero-order valence-corrected chi connectivity index (χ0v) is 24.5. The SMILES string of the molecule is CCNc1ccc(-n2cc(-c3ccc(Cl)cc3Cl)nc2Cc2ccc(-c3ccc(N4CCOCC4)cc3)cc2)cc1. The molecular weight excluding hydrogens is 551 g/mol. The molecular formula is C34H32Cl2N4O. The van der Waals surface area contributed by atoms with E-state index in [0.29, 0.717) is 16.5 Å². The molecule has 1 N–H and O–H groups in total. The van der Waals surface area contributed by atoms with E-state index in [1.165, 1.54) is 22.4 Å². The van der Waals surface area contributed by atoms with Crippen LogP contribution >= 0.6 is 23.2 Å². The molecule has 0 saturated carbocycles. The lowest BCUT2D eigenvalue weighted by atomic mass is 10.0. The van der Waals surface area contributed by atoms with Crippen LogP contribution in [-0.4, -0.2) is 42.4 Å². The summed E-state index contributed by atoms with van der Waals surface area (Å²) in [5, 5.41) is 4.55. The van der Waals surface area contributed by atoms with Crippen molar-refractivity contribution >= 4 is 34.6 Å². The van der Waals surface area contributed by atoms with Crippen LogP contribution in [-0.2, 0) is 11.2 Å². The van der Waals surface area contributed by atoms with E-state index in [2.05, 4.69) is 101 Å². The number of morpholine rings is 1. The molecule has 5 nitrogen and oxygen atoms in total. The van der Waals surface area contributed by atoms with Crippen molar-refractivity contribution in [3.63, 3.8) is 0 Å². The molecule has 1 aliphatic rings. The highest BCUT2D eigenvalue weighted by Crippen LogP contribution is 2.32. The van der Waals surface area contributed by atoms with Gasteiger partial charge in [0.15, 0.2) is 0 Å². The highest BCUT2D eigenvalue weighted by Gasteiger charge is 2.15. The summed E-state index contributed by atoms with van der Waals surface area (Å²) in [5.74, 6) is 0.935. The summed E-state index contributed by atoms with van der Waals surface area (Å²) in [6, 6.07) is 31.5. The number of benzene rings is 4. The molecule has 0 radical (unpaired) electrons. The summed E-state index contributed by atoms with van der Waals surface area (Å²) in [6.07, 6.45) is 2.73. The second kappa shape index (κ2) is 12.4. The number of nitrogens with one attached hydrogen (secondary N) is 1. The Hall–Kier alpha value is -3.77. The van der Waals surface area contributed by atoms with Crippen LogP contribution in [0.4, 0.5) is 11.4 Å². The summed E-state index contributed by atoms with van der Waals surface area (Å²) in [7, 11) is 0. The summed E-state index contributed by atoms with van der Waals surface area (Å²) in [5.41, 5.74) is 8.63. The molecule has 0 amide bonds. The Morgan fingerprint density at radius 1 is 0.805 bits per heavy atom. The Bertz CT molecular complexity index is 1610. The minimum absolute atomic E-state index is 0.584. The van der Waals surface area contributed by atoms with E-state index in [0.717, 1.165) is 61.3 Å². The molecule has 4 aromatic carbocycles. The number of aromatic nitrogens is 2. The third-order valence-corrected chi connectivity index (χ3v) is 7.95. The number of hydrogen-bond acceptors (Lipinski definition) is 4. The molecule has 1 fully saturated rings. The number of nitrogens with zero attached hydrogens (tertiary/aromatic N) is 3. The van der Waals surface area contributed by atoms with E-state index < -0.39 is 0 Å². The van der Waals surface area contributed by atoms with Gasteiger partial charge in [-0.2, -0.15) is 0 Å². The predicted octanol–water partition coefficient (Wildman–Crippen LogP) is 8.37. The normalized spacial score (nSPS) is 13.4. The lowest BCUT2D eigenvalue weighted by Crippen LogP contribution is -2.36. The van der Waals surface area contributed by atoms with Crippen molar-refractivity contribution in [2.75, 3.05) is 43.1 Å². The standard InChI is InChI=1S/C34H32Cl2N4O/c1-2-37-28-10-14-30(15-11-28)40-23-33(31-16-9-27(35)22-32(31)36)38-34(40)21-24-3-5-25(6-4-24)26-7-12-29(13-8-26)39-17-19-41-20-18-39/h3-16,22-23,37H,2,17-21H2,1H3. The molecule has 2 heterocycles. The number of halogens is 2. The van der Waals surface area contributed by atoms with E-state index in [-0.39, 0.29) is 0 Å². The molecule has 208 valence electrons. The van der Waals surface area contributed by atoms with Crippen molar-refractivity contribution in [2.24, 2.45) is 0 Å². The van der Waals surface area contributed by atoms with Gasteiger partial charge in [-0.05, 0) is 78.2 Å². The van der Waals surface area contributed by atoms with Gasteiger partial charge in [-0.1, -0.05) is 59.6 Å². The van der Waals surface area contributed by atoms with Gasteiger partial charge in [-0.25, -0.2) is 4.98 Å². The minimum Gasteiger partial charge on any atom is -0.385 e. The lowest BCUT2D eigenvalue weighted by molar-refractivity contribution is 0.122. The van der Waals surface area contributed by atoms with Crippen LogP contribution in [0.3, 0.4) is 0 Å². The number of hydrogen-bond donors (Lipinski definition) is 1. The minimum atomic E-state index is 0.584. The molecule has 0 bridgehead atoms. The maximum Gasteiger partial charge on any atom is 0.118 e. The highest BCUT2D eigenvalue weighted by atomic mass is 35.5. The Labute approximate surface area is 251 Å². The zero-order chi connectivity index (χ0) is 28.2. The molecule has 41 heavy (non-hydrogen) atoms.